The number of esters is 1. The molecule has 2 N–H and O–H groups in total. The molecule has 1 aromatic heterocycles. The molecule has 0 spiro atoms. The second-order valence-corrected chi connectivity index (χ2v) is 8.55. The average Bonchev–Trinajstić information content (AvgIpc) is 3.22. The van der Waals surface area contributed by atoms with E-state index in [-0.39, 0.29) is 12.6 Å². The van der Waals surface area contributed by atoms with Gasteiger partial charge in [-0.1, -0.05) is 13.0 Å². The SMILES string of the molecule is CCOC(=O)C1=C(CN(CC)Cc2cn(CC)nc2C)NC(=O)N[C@H]1c1ccc(OC)c(COC)c1. The normalized spacial score (nSPS) is 15.6. The van der Waals surface area contributed by atoms with Gasteiger partial charge in [0.05, 0.1) is 37.6 Å². The fourth-order valence-electron chi connectivity index (χ4n) is 4.31. The van der Waals surface area contributed by atoms with Gasteiger partial charge in [-0.2, -0.15) is 5.10 Å². The monoisotopic (exact) mass is 499 g/mol. The van der Waals surface area contributed by atoms with Crippen LogP contribution in [-0.2, 0) is 34.0 Å². The predicted molar refractivity (Wildman–Crippen MR) is 135 cm³/mol. The predicted octanol–water partition coefficient (Wildman–Crippen LogP) is 3.06. The Hall–Kier alpha value is -3.37. The largest absolute Gasteiger partial charge is 0.496 e. The van der Waals surface area contributed by atoms with Crippen LogP contribution >= 0.6 is 0 Å². The van der Waals surface area contributed by atoms with Gasteiger partial charge >= 0.3 is 12.0 Å². The van der Waals surface area contributed by atoms with Crippen molar-refractivity contribution in [3.05, 3.63) is 58.1 Å². The molecular formula is C26H37N5O5. The minimum Gasteiger partial charge on any atom is -0.496 e. The minimum atomic E-state index is -0.683. The molecule has 0 aliphatic carbocycles. The maximum atomic E-state index is 13.2. The Balaban J connectivity index is 2.01. The molecule has 0 unspecified atom stereocenters. The highest BCUT2D eigenvalue weighted by Crippen LogP contribution is 2.32. The van der Waals surface area contributed by atoms with Crippen molar-refractivity contribution in [3.8, 4) is 5.75 Å². The molecule has 1 aromatic carbocycles. The number of likely N-dealkylation sites (N-methyl/N-ethyl adjacent to an activating group) is 1. The standard InChI is InChI=1S/C26H37N5O5/c1-7-30(13-20-14-31(8-2)29-17(20)4)15-21-23(25(32)36-9-3)24(28-26(33)27-21)18-10-11-22(35-6)19(12-18)16-34-5/h10-12,14,24H,7-9,13,15-16H2,1-6H3,(H2,27,28,33)/t24-/m0/s1. The quantitative estimate of drug-likeness (QED) is 0.432. The Morgan fingerprint density at radius 1 is 1.17 bits per heavy atom. The lowest BCUT2D eigenvalue weighted by Gasteiger charge is -2.32. The molecule has 2 aromatic rings. The number of carbonyl (C=O) groups is 2. The maximum absolute atomic E-state index is 13.2. The van der Waals surface area contributed by atoms with E-state index >= 15 is 0 Å². The summed E-state index contributed by atoms with van der Waals surface area (Å²) in [5.41, 5.74) is 4.52. The van der Waals surface area contributed by atoms with Crippen molar-refractivity contribution in [1.29, 1.82) is 0 Å². The van der Waals surface area contributed by atoms with Crippen LogP contribution < -0.4 is 15.4 Å². The Bertz CT molecular complexity index is 1110. The number of nitrogens with one attached hydrogen (secondary N) is 2. The number of hydrogen-bond donors (Lipinski definition) is 2. The minimum absolute atomic E-state index is 0.223. The number of carbonyl (C=O) groups excluding carboxylic acids is 2. The van der Waals surface area contributed by atoms with Gasteiger partial charge in [-0.05, 0) is 45.0 Å². The molecule has 0 radical (unpaired) electrons. The van der Waals surface area contributed by atoms with E-state index in [4.69, 9.17) is 14.2 Å². The van der Waals surface area contributed by atoms with Crippen LogP contribution in [0.1, 0.15) is 49.2 Å². The molecule has 0 saturated heterocycles. The van der Waals surface area contributed by atoms with E-state index in [0.29, 0.717) is 43.3 Å². The summed E-state index contributed by atoms with van der Waals surface area (Å²) in [4.78, 5) is 28.1. The van der Waals surface area contributed by atoms with E-state index in [1.807, 2.05) is 49.8 Å². The highest BCUT2D eigenvalue weighted by Gasteiger charge is 2.34. The van der Waals surface area contributed by atoms with Crippen molar-refractivity contribution in [3.63, 3.8) is 0 Å². The third-order valence-electron chi connectivity index (χ3n) is 6.18. The lowest BCUT2D eigenvalue weighted by molar-refractivity contribution is -0.139. The van der Waals surface area contributed by atoms with Crippen molar-refractivity contribution < 1.29 is 23.8 Å². The molecule has 0 fully saturated rings. The van der Waals surface area contributed by atoms with Gasteiger partial charge < -0.3 is 24.8 Å². The van der Waals surface area contributed by atoms with E-state index in [1.54, 1.807) is 21.1 Å². The summed E-state index contributed by atoms with van der Waals surface area (Å²) in [6, 6.07) is 4.48. The van der Waals surface area contributed by atoms with Gasteiger partial charge in [-0.3, -0.25) is 9.58 Å². The summed E-state index contributed by atoms with van der Waals surface area (Å²) < 4.78 is 18.1. The molecule has 196 valence electrons. The lowest BCUT2D eigenvalue weighted by atomic mass is 9.93. The van der Waals surface area contributed by atoms with Crippen molar-refractivity contribution >= 4 is 12.0 Å². The fourth-order valence-corrected chi connectivity index (χ4v) is 4.31. The van der Waals surface area contributed by atoms with Crippen LogP contribution in [0.15, 0.2) is 35.7 Å². The Labute approximate surface area is 212 Å². The van der Waals surface area contributed by atoms with E-state index in [2.05, 4.69) is 20.6 Å². The van der Waals surface area contributed by atoms with Crippen LogP contribution in [0.25, 0.3) is 0 Å². The lowest BCUT2D eigenvalue weighted by Crippen LogP contribution is -2.48. The van der Waals surface area contributed by atoms with Crippen LogP contribution in [0.5, 0.6) is 5.75 Å². The van der Waals surface area contributed by atoms with Crippen LogP contribution in [0.2, 0.25) is 0 Å². The highest BCUT2D eigenvalue weighted by molar-refractivity contribution is 5.95. The second-order valence-electron chi connectivity index (χ2n) is 8.55. The molecule has 0 saturated carbocycles. The van der Waals surface area contributed by atoms with Crippen LogP contribution in [0.4, 0.5) is 4.79 Å². The molecule has 10 heteroatoms. The molecule has 2 amide bonds. The van der Waals surface area contributed by atoms with Crippen LogP contribution in [0.3, 0.4) is 0 Å². The molecule has 0 bridgehead atoms. The third-order valence-corrected chi connectivity index (χ3v) is 6.18. The number of hydrogen-bond acceptors (Lipinski definition) is 7. The first-order valence-electron chi connectivity index (χ1n) is 12.2. The molecule has 3 rings (SSSR count). The zero-order chi connectivity index (χ0) is 26.2. The Morgan fingerprint density at radius 3 is 2.56 bits per heavy atom. The number of amides is 2. The van der Waals surface area contributed by atoms with E-state index in [9.17, 15) is 9.59 Å². The van der Waals surface area contributed by atoms with Crippen molar-refractivity contribution in [2.24, 2.45) is 0 Å². The number of aryl methyl sites for hydroxylation is 2. The van der Waals surface area contributed by atoms with Crippen LogP contribution in [-0.4, -0.2) is 60.6 Å². The second kappa shape index (κ2) is 12.5. The summed E-state index contributed by atoms with van der Waals surface area (Å²) in [5.74, 6) is 0.197. The Morgan fingerprint density at radius 2 is 1.94 bits per heavy atom. The molecular weight excluding hydrogens is 462 g/mol. The first-order chi connectivity index (χ1) is 17.3. The van der Waals surface area contributed by atoms with Gasteiger partial charge in [0.1, 0.15) is 5.75 Å². The number of urea groups is 1. The van der Waals surface area contributed by atoms with Gasteiger partial charge in [0, 0.05) is 49.8 Å². The number of methoxy groups -OCH3 is 2. The summed E-state index contributed by atoms with van der Waals surface area (Å²) in [7, 11) is 3.19. The molecule has 1 aliphatic heterocycles. The number of benzene rings is 1. The topological polar surface area (TPSA) is 107 Å². The fraction of sp³-hybridized carbons (Fsp3) is 0.500. The van der Waals surface area contributed by atoms with Crippen molar-refractivity contribution in [2.45, 2.75) is 53.4 Å². The summed E-state index contributed by atoms with van der Waals surface area (Å²) in [6.07, 6.45) is 2.04. The molecule has 10 nitrogen and oxygen atoms in total. The first kappa shape index (κ1) is 27.2. The number of rotatable bonds is 12. The van der Waals surface area contributed by atoms with Gasteiger partial charge in [0.15, 0.2) is 0 Å². The van der Waals surface area contributed by atoms with E-state index in [1.165, 1.54) is 0 Å². The third kappa shape index (κ3) is 6.24. The summed E-state index contributed by atoms with van der Waals surface area (Å²) in [5, 5.41) is 10.3. The van der Waals surface area contributed by atoms with Gasteiger partial charge in [-0.15, -0.1) is 0 Å². The summed E-state index contributed by atoms with van der Waals surface area (Å²) >= 11 is 0. The zero-order valence-corrected chi connectivity index (χ0v) is 22.0. The number of aromatic nitrogens is 2. The average molecular weight is 500 g/mol. The Kier molecular flexibility index (Phi) is 9.49. The first-order valence-corrected chi connectivity index (χ1v) is 12.2. The summed E-state index contributed by atoms with van der Waals surface area (Å²) in [6.45, 7) is 10.9. The molecule has 36 heavy (non-hydrogen) atoms. The smallest absolute Gasteiger partial charge is 0.338 e. The number of nitrogens with zero attached hydrogens (tertiary/aromatic N) is 3. The van der Waals surface area contributed by atoms with Crippen molar-refractivity contribution in [1.82, 2.24) is 25.3 Å². The van der Waals surface area contributed by atoms with E-state index < -0.39 is 12.0 Å². The van der Waals surface area contributed by atoms with Crippen LogP contribution in [0, 0.1) is 6.92 Å². The molecule has 2 heterocycles. The molecule has 1 atom stereocenters. The zero-order valence-electron chi connectivity index (χ0n) is 22.0. The van der Waals surface area contributed by atoms with Gasteiger partial charge in [-0.25, -0.2) is 9.59 Å². The number of ether oxygens (including phenoxy) is 3. The van der Waals surface area contributed by atoms with E-state index in [0.717, 1.165) is 28.9 Å². The van der Waals surface area contributed by atoms with Crippen molar-refractivity contribution in [2.75, 3.05) is 33.9 Å². The molecule has 1 aliphatic rings. The maximum Gasteiger partial charge on any atom is 0.338 e. The van der Waals surface area contributed by atoms with Gasteiger partial charge in [0.25, 0.3) is 0 Å². The highest BCUT2D eigenvalue weighted by atomic mass is 16.5. The van der Waals surface area contributed by atoms with Gasteiger partial charge in [0.2, 0.25) is 0 Å².